The summed E-state index contributed by atoms with van der Waals surface area (Å²) in [5, 5.41) is 15.9. The van der Waals surface area contributed by atoms with Gasteiger partial charge in [0.2, 0.25) is 0 Å². The monoisotopic (exact) mass is 202 g/mol. The molecule has 1 aromatic carbocycles. The highest BCUT2D eigenvalue weighted by Crippen LogP contribution is 2.15. The van der Waals surface area contributed by atoms with Crippen molar-refractivity contribution in [3.63, 3.8) is 0 Å². The highest BCUT2D eigenvalue weighted by molar-refractivity contribution is 5.22. The molecule has 0 spiro atoms. The van der Waals surface area contributed by atoms with E-state index >= 15 is 0 Å². The number of aromatic hydroxyl groups is 1. The van der Waals surface area contributed by atoms with Gasteiger partial charge in [-0.15, -0.1) is 0 Å². The molecule has 2 rings (SSSR count). The number of hydrogen-bond acceptors (Lipinski definition) is 2. The molecule has 0 aliphatic rings. The number of aromatic amines is 1. The summed E-state index contributed by atoms with van der Waals surface area (Å²) in [4.78, 5) is 0. The van der Waals surface area contributed by atoms with Gasteiger partial charge in [-0.3, -0.25) is 5.10 Å². The van der Waals surface area contributed by atoms with Crippen LogP contribution in [0, 0.1) is 0 Å². The van der Waals surface area contributed by atoms with Crippen LogP contribution >= 0.6 is 0 Å². The van der Waals surface area contributed by atoms with E-state index in [1.54, 1.807) is 0 Å². The zero-order valence-electron chi connectivity index (χ0n) is 8.48. The van der Waals surface area contributed by atoms with Gasteiger partial charge in [-0.2, -0.15) is 5.10 Å². The Morgan fingerprint density at radius 2 is 1.93 bits per heavy atom. The van der Waals surface area contributed by atoms with Crippen LogP contribution in [-0.2, 0) is 12.8 Å². The molecule has 1 heterocycles. The average Bonchev–Trinajstić information content (AvgIpc) is 2.66. The molecule has 2 aromatic rings. The van der Waals surface area contributed by atoms with Crippen LogP contribution in [-0.4, -0.2) is 15.3 Å². The van der Waals surface area contributed by atoms with E-state index in [1.807, 2.05) is 18.2 Å². The number of rotatable bonds is 4. The van der Waals surface area contributed by atoms with Gasteiger partial charge in [-0.25, -0.2) is 0 Å². The summed E-state index contributed by atoms with van der Waals surface area (Å²) in [5.74, 6) is 0.267. The molecule has 78 valence electrons. The van der Waals surface area contributed by atoms with E-state index in [2.05, 4.69) is 22.3 Å². The van der Waals surface area contributed by atoms with E-state index in [4.69, 9.17) is 0 Å². The van der Waals surface area contributed by atoms with Crippen molar-refractivity contribution in [3.05, 3.63) is 47.8 Å². The Balaban J connectivity index is 1.83. The van der Waals surface area contributed by atoms with Crippen LogP contribution in [0.1, 0.15) is 17.7 Å². The van der Waals surface area contributed by atoms with Crippen molar-refractivity contribution < 1.29 is 5.11 Å². The summed E-state index contributed by atoms with van der Waals surface area (Å²) in [7, 11) is 0. The van der Waals surface area contributed by atoms with Crippen LogP contribution in [0.4, 0.5) is 0 Å². The quantitative estimate of drug-likeness (QED) is 0.799. The number of benzene rings is 1. The third-order valence-electron chi connectivity index (χ3n) is 2.43. The predicted octanol–water partition coefficient (Wildman–Crippen LogP) is 2.29. The fraction of sp³-hybridized carbons (Fsp3) is 0.250. The van der Waals surface area contributed by atoms with E-state index in [9.17, 15) is 5.11 Å². The number of nitrogens with one attached hydrogen (secondary N) is 1. The number of H-pyrrole nitrogens is 1. The van der Waals surface area contributed by atoms with Gasteiger partial charge in [0.05, 0.1) is 11.9 Å². The van der Waals surface area contributed by atoms with Crippen LogP contribution in [0.5, 0.6) is 5.75 Å². The van der Waals surface area contributed by atoms with Crippen molar-refractivity contribution in [2.24, 2.45) is 0 Å². The molecule has 0 radical (unpaired) electrons. The average molecular weight is 202 g/mol. The second kappa shape index (κ2) is 4.64. The molecule has 0 unspecified atom stereocenters. The van der Waals surface area contributed by atoms with Gasteiger partial charge in [0.15, 0.2) is 5.75 Å². The molecule has 3 heteroatoms. The number of hydrogen-bond donors (Lipinski definition) is 2. The van der Waals surface area contributed by atoms with Crippen molar-refractivity contribution >= 4 is 0 Å². The molecule has 3 nitrogen and oxygen atoms in total. The predicted molar refractivity (Wildman–Crippen MR) is 58.7 cm³/mol. The third-order valence-corrected chi connectivity index (χ3v) is 2.43. The van der Waals surface area contributed by atoms with E-state index in [1.165, 1.54) is 11.8 Å². The summed E-state index contributed by atoms with van der Waals surface area (Å²) >= 11 is 0. The maximum absolute atomic E-state index is 9.35. The maximum atomic E-state index is 9.35. The highest BCUT2D eigenvalue weighted by atomic mass is 16.3. The number of aryl methyl sites for hydroxylation is 2. The summed E-state index contributed by atoms with van der Waals surface area (Å²) in [6.45, 7) is 0. The van der Waals surface area contributed by atoms with Crippen LogP contribution in [0.3, 0.4) is 0 Å². The fourth-order valence-corrected chi connectivity index (χ4v) is 1.60. The summed E-state index contributed by atoms with van der Waals surface area (Å²) in [5.41, 5.74) is 2.16. The van der Waals surface area contributed by atoms with Gasteiger partial charge in [-0.1, -0.05) is 30.3 Å². The first-order valence-corrected chi connectivity index (χ1v) is 5.11. The van der Waals surface area contributed by atoms with E-state index < -0.39 is 0 Å². The summed E-state index contributed by atoms with van der Waals surface area (Å²) in [6, 6.07) is 10.3. The number of aromatic nitrogens is 2. The lowest BCUT2D eigenvalue weighted by molar-refractivity contribution is 0.467. The molecule has 0 aliphatic carbocycles. The SMILES string of the molecule is Oc1cn[nH]c1CCCc1ccccc1. The first kappa shape index (κ1) is 9.77. The second-order valence-corrected chi connectivity index (χ2v) is 3.57. The van der Waals surface area contributed by atoms with Crippen LogP contribution < -0.4 is 0 Å². The van der Waals surface area contributed by atoms with Gasteiger partial charge in [-0.05, 0) is 24.8 Å². The molecule has 1 aromatic heterocycles. The van der Waals surface area contributed by atoms with Gasteiger partial charge in [0.25, 0.3) is 0 Å². The largest absolute Gasteiger partial charge is 0.504 e. The van der Waals surface area contributed by atoms with Crippen LogP contribution in [0.25, 0.3) is 0 Å². The lowest BCUT2D eigenvalue weighted by atomic mass is 10.1. The first-order chi connectivity index (χ1) is 7.36. The van der Waals surface area contributed by atoms with E-state index in [0.29, 0.717) is 0 Å². The minimum Gasteiger partial charge on any atom is -0.504 e. The molecule has 0 fully saturated rings. The van der Waals surface area contributed by atoms with Crippen molar-refractivity contribution in [2.75, 3.05) is 0 Å². The standard InChI is InChI=1S/C12H14N2O/c15-12-9-13-14-11(12)8-4-7-10-5-2-1-3-6-10/h1-3,5-6,9,15H,4,7-8H2,(H,13,14). The highest BCUT2D eigenvalue weighted by Gasteiger charge is 2.02. The molecular formula is C12H14N2O. The second-order valence-electron chi connectivity index (χ2n) is 3.57. The Kier molecular flexibility index (Phi) is 3.02. The Hall–Kier alpha value is -1.77. The Labute approximate surface area is 88.8 Å². The topological polar surface area (TPSA) is 48.9 Å². The zero-order chi connectivity index (χ0) is 10.5. The van der Waals surface area contributed by atoms with Gasteiger partial charge >= 0.3 is 0 Å². The lowest BCUT2D eigenvalue weighted by Crippen LogP contribution is -1.90. The fourth-order valence-electron chi connectivity index (χ4n) is 1.60. The minimum absolute atomic E-state index is 0.267. The Morgan fingerprint density at radius 1 is 1.13 bits per heavy atom. The maximum Gasteiger partial charge on any atom is 0.156 e. The minimum atomic E-state index is 0.267. The molecule has 15 heavy (non-hydrogen) atoms. The lowest BCUT2D eigenvalue weighted by Gasteiger charge is -2.00. The first-order valence-electron chi connectivity index (χ1n) is 5.11. The van der Waals surface area contributed by atoms with Crippen molar-refractivity contribution in [3.8, 4) is 5.75 Å². The normalized spacial score (nSPS) is 10.4. The molecule has 0 saturated heterocycles. The third kappa shape index (κ3) is 2.59. The summed E-state index contributed by atoms with van der Waals surface area (Å²) in [6.07, 6.45) is 4.32. The summed E-state index contributed by atoms with van der Waals surface area (Å²) < 4.78 is 0. The van der Waals surface area contributed by atoms with Gasteiger partial charge in [0.1, 0.15) is 0 Å². The van der Waals surface area contributed by atoms with Crippen molar-refractivity contribution in [1.29, 1.82) is 0 Å². The molecule has 0 bridgehead atoms. The van der Waals surface area contributed by atoms with Crippen molar-refractivity contribution in [2.45, 2.75) is 19.3 Å². The Morgan fingerprint density at radius 3 is 2.60 bits per heavy atom. The molecule has 0 amide bonds. The van der Waals surface area contributed by atoms with Crippen molar-refractivity contribution in [1.82, 2.24) is 10.2 Å². The number of nitrogens with zero attached hydrogens (tertiary/aromatic N) is 1. The van der Waals surface area contributed by atoms with Crippen LogP contribution in [0.15, 0.2) is 36.5 Å². The van der Waals surface area contributed by atoms with E-state index in [-0.39, 0.29) is 5.75 Å². The molecular weight excluding hydrogens is 188 g/mol. The molecule has 0 atom stereocenters. The van der Waals surface area contributed by atoms with Gasteiger partial charge < -0.3 is 5.11 Å². The van der Waals surface area contributed by atoms with Gasteiger partial charge in [0, 0.05) is 0 Å². The van der Waals surface area contributed by atoms with E-state index in [0.717, 1.165) is 25.0 Å². The zero-order valence-corrected chi connectivity index (χ0v) is 8.48. The molecule has 2 N–H and O–H groups in total. The molecule has 0 aliphatic heterocycles. The molecule has 0 saturated carbocycles. The smallest absolute Gasteiger partial charge is 0.156 e. The Bertz CT molecular complexity index is 409. The van der Waals surface area contributed by atoms with Crippen LogP contribution in [0.2, 0.25) is 0 Å².